The summed E-state index contributed by atoms with van der Waals surface area (Å²) in [4.78, 5) is 8.65. The van der Waals surface area contributed by atoms with E-state index in [4.69, 9.17) is 20.9 Å². The summed E-state index contributed by atoms with van der Waals surface area (Å²) in [5, 5.41) is 0. The van der Waals surface area contributed by atoms with Gasteiger partial charge in [0.25, 0.3) is 0 Å². The number of anilines is 2. The van der Waals surface area contributed by atoms with Crippen LogP contribution in [0.25, 0.3) is 0 Å². The van der Waals surface area contributed by atoms with Gasteiger partial charge in [0, 0.05) is 19.5 Å². The lowest BCUT2D eigenvalue weighted by Gasteiger charge is -2.30. The van der Waals surface area contributed by atoms with Gasteiger partial charge in [0.15, 0.2) is 0 Å². The molecule has 4 N–H and O–H groups in total. The minimum absolute atomic E-state index is 0.00416. The first-order chi connectivity index (χ1) is 17.4. The molecular weight excluding hydrogens is 464 g/mol. The molecule has 8 heteroatoms. The van der Waals surface area contributed by atoms with Crippen molar-refractivity contribution in [1.29, 1.82) is 0 Å². The van der Waals surface area contributed by atoms with Gasteiger partial charge in [-0.15, -0.1) is 0 Å². The molecule has 2 aliphatic carbocycles. The van der Waals surface area contributed by atoms with Gasteiger partial charge in [0.05, 0.1) is 12.4 Å². The van der Waals surface area contributed by atoms with Gasteiger partial charge < -0.3 is 20.9 Å². The third kappa shape index (κ3) is 3.42. The molecular formula is C29H34N6O2. The van der Waals surface area contributed by atoms with Gasteiger partial charge in [-0.05, 0) is 70.2 Å². The number of nitrogens with zero attached hydrogens (tertiary/aromatic N) is 4. The molecule has 0 fully saturated rings. The van der Waals surface area contributed by atoms with Crippen LogP contribution in [0.15, 0.2) is 48.8 Å². The van der Waals surface area contributed by atoms with E-state index in [-0.39, 0.29) is 16.2 Å². The molecule has 2 aromatic carbocycles. The molecule has 2 aliphatic rings. The molecule has 192 valence electrons. The van der Waals surface area contributed by atoms with Crippen molar-refractivity contribution in [2.24, 2.45) is 14.1 Å². The van der Waals surface area contributed by atoms with E-state index in [0.717, 1.165) is 24.3 Å². The van der Waals surface area contributed by atoms with Gasteiger partial charge >= 0.3 is 12.0 Å². The van der Waals surface area contributed by atoms with E-state index in [0.29, 0.717) is 23.7 Å². The Kier molecular flexibility index (Phi) is 4.78. The van der Waals surface area contributed by atoms with Crippen molar-refractivity contribution in [3.8, 4) is 23.5 Å². The molecule has 1 spiro atoms. The van der Waals surface area contributed by atoms with Crippen LogP contribution < -0.4 is 20.9 Å². The molecule has 0 bridgehead atoms. The van der Waals surface area contributed by atoms with Crippen molar-refractivity contribution in [1.82, 2.24) is 19.1 Å². The van der Waals surface area contributed by atoms with Crippen LogP contribution in [0.3, 0.4) is 0 Å². The van der Waals surface area contributed by atoms with Crippen molar-refractivity contribution < 1.29 is 9.47 Å². The summed E-state index contributed by atoms with van der Waals surface area (Å²) in [5.74, 6) is 2.63. The highest BCUT2D eigenvalue weighted by Gasteiger charge is 2.56. The molecule has 6 rings (SSSR count). The lowest BCUT2D eigenvalue weighted by molar-refractivity contribution is 0.348. The number of benzene rings is 2. The van der Waals surface area contributed by atoms with Crippen molar-refractivity contribution in [3.05, 3.63) is 71.0 Å². The molecule has 0 saturated heterocycles. The summed E-state index contributed by atoms with van der Waals surface area (Å²) in [7, 11) is 3.70. The standard InChI is InChI=1S/C29H34N6O2/c1-27(2)15-29(21-11-17(7-9-19(21)27)36-25-32-13-23(30)34(25)5)16-28(3,4)20-10-8-18(12-22(20)29)37-26-33-14-24(31)35(26)6/h7-14H,15-16,30-31H2,1-6H3. The van der Waals surface area contributed by atoms with Crippen LogP contribution in [0, 0.1) is 0 Å². The van der Waals surface area contributed by atoms with Crippen molar-refractivity contribution in [2.75, 3.05) is 11.5 Å². The van der Waals surface area contributed by atoms with Crippen LogP contribution in [0.5, 0.6) is 23.5 Å². The topological polar surface area (TPSA) is 106 Å². The van der Waals surface area contributed by atoms with Crippen LogP contribution in [-0.2, 0) is 30.3 Å². The fraction of sp³-hybridized carbons (Fsp3) is 0.379. The van der Waals surface area contributed by atoms with Crippen LogP contribution in [0.2, 0.25) is 0 Å². The second kappa shape index (κ2) is 7.54. The van der Waals surface area contributed by atoms with Crippen LogP contribution >= 0.6 is 0 Å². The highest BCUT2D eigenvalue weighted by Crippen LogP contribution is 2.63. The second-order valence-corrected chi connectivity index (χ2v) is 11.9. The Balaban J connectivity index is 1.47. The highest BCUT2D eigenvalue weighted by molar-refractivity contribution is 5.62. The Bertz CT molecular complexity index is 1430. The highest BCUT2D eigenvalue weighted by atomic mass is 16.5. The Labute approximate surface area is 217 Å². The summed E-state index contributed by atoms with van der Waals surface area (Å²) >= 11 is 0. The summed E-state index contributed by atoms with van der Waals surface area (Å²) < 4.78 is 15.9. The normalized spacial score (nSPS) is 18.1. The first-order valence-electron chi connectivity index (χ1n) is 12.6. The number of hydrogen-bond acceptors (Lipinski definition) is 6. The van der Waals surface area contributed by atoms with Crippen molar-refractivity contribution in [3.63, 3.8) is 0 Å². The number of hydrogen-bond donors (Lipinski definition) is 2. The van der Waals surface area contributed by atoms with E-state index in [2.05, 4.69) is 61.9 Å². The maximum Gasteiger partial charge on any atom is 0.303 e. The zero-order chi connectivity index (χ0) is 26.3. The lowest BCUT2D eigenvalue weighted by Crippen LogP contribution is -2.27. The van der Waals surface area contributed by atoms with E-state index in [1.165, 1.54) is 22.3 Å². The molecule has 0 atom stereocenters. The molecule has 8 nitrogen and oxygen atoms in total. The van der Waals surface area contributed by atoms with Gasteiger partial charge in [0.1, 0.15) is 23.1 Å². The number of nitrogen functional groups attached to an aromatic ring is 2. The third-order valence-corrected chi connectivity index (χ3v) is 8.34. The van der Waals surface area contributed by atoms with Gasteiger partial charge in [-0.1, -0.05) is 39.8 Å². The average Bonchev–Trinajstić information content (AvgIpc) is 3.47. The minimum atomic E-state index is -0.169. The monoisotopic (exact) mass is 498 g/mol. The van der Waals surface area contributed by atoms with E-state index < -0.39 is 0 Å². The molecule has 0 radical (unpaired) electrons. The van der Waals surface area contributed by atoms with Crippen LogP contribution in [0.4, 0.5) is 11.6 Å². The predicted molar refractivity (Wildman–Crippen MR) is 144 cm³/mol. The fourth-order valence-corrected chi connectivity index (χ4v) is 6.64. The summed E-state index contributed by atoms with van der Waals surface area (Å²) in [6, 6.07) is 13.9. The number of rotatable bonds is 4. The van der Waals surface area contributed by atoms with Crippen molar-refractivity contribution >= 4 is 11.6 Å². The predicted octanol–water partition coefficient (Wildman–Crippen LogP) is 5.55. The van der Waals surface area contributed by atoms with Gasteiger partial charge in [-0.25, -0.2) is 9.97 Å². The zero-order valence-corrected chi connectivity index (χ0v) is 22.3. The van der Waals surface area contributed by atoms with Gasteiger partial charge in [-0.2, -0.15) is 0 Å². The van der Waals surface area contributed by atoms with Gasteiger partial charge in [-0.3, -0.25) is 9.13 Å². The first kappa shape index (κ1) is 23.5. The molecule has 2 aromatic heterocycles. The van der Waals surface area contributed by atoms with E-state index in [9.17, 15) is 0 Å². The minimum Gasteiger partial charge on any atom is -0.425 e. The van der Waals surface area contributed by atoms with E-state index in [1.807, 2.05) is 26.2 Å². The molecule has 4 aromatic rings. The Morgan fingerprint density at radius 1 is 0.676 bits per heavy atom. The first-order valence-corrected chi connectivity index (χ1v) is 12.6. The van der Waals surface area contributed by atoms with Crippen molar-refractivity contribution in [2.45, 2.75) is 56.8 Å². The van der Waals surface area contributed by atoms with Crippen LogP contribution in [0.1, 0.15) is 62.8 Å². The summed E-state index contributed by atoms with van der Waals surface area (Å²) in [6.45, 7) is 9.34. The molecule has 37 heavy (non-hydrogen) atoms. The number of ether oxygens (including phenoxy) is 2. The Hall–Kier alpha value is -3.94. The SMILES string of the molecule is Cn1c(N)cnc1Oc1ccc2c(c1)C1(CC2(C)C)CC(C)(C)c2ccc(Oc3ncc(N)n3C)cc21. The molecule has 0 saturated carbocycles. The second-order valence-electron chi connectivity index (χ2n) is 11.9. The maximum absolute atomic E-state index is 6.21. The van der Waals surface area contributed by atoms with Gasteiger partial charge in [0.2, 0.25) is 0 Å². The number of fused-ring (bicyclic) bond motifs is 4. The molecule has 0 aliphatic heterocycles. The zero-order valence-electron chi connectivity index (χ0n) is 22.3. The largest absolute Gasteiger partial charge is 0.425 e. The number of aromatic nitrogens is 4. The summed E-state index contributed by atoms with van der Waals surface area (Å²) in [5.41, 5.74) is 17.1. The number of nitrogens with two attached hydrogens (primary N) is 2. The Morgan fingerprint density at radius 3 is 1.43 bits per heavy atom. The third-order valence-electron chi connectivity index (χ3n) is 8.34. The lowest BCUT2D eigenvalue weighted by atomic mass is 9.72. The summed E-state index contributed by atoms with van der Waals surface area (Å²) in [6.07, 6.45) is 5.23. The molecule has 0 unspecified atom stereocenters. The number of imidazole rings is 2. The fourth-order valence-electron chi connectivity index (χ4n) is 6.64. The van der Waals surface area contributed by atoms with E-state index in [1.54, 1.807) is 21.5 Å². The average molecular weight is 499 g/mol. The molecule has 2 heterocycles. The maximum atomic E-state index is 6.21. The Morgan fingerprint density at radius 2 is 1.08 bits per heavy atom. The van der Waals surface area contributed by atoms with E-state index >= 15 is 0 Å². The quantitative estimate of drug-likeness (QED) is 0.382. The smallest absolute Gasteiger partial charge is 0.303 e. The molecule has 0 amide bonds. The van der Waals surface area contributed by atoms with Crippen LogP contribution in [-0.4, -0.2) is 19.1 Å².